The summed E-state index contributed by atoms with van der Waals surface area (Å²) >= 11 is 0. The number of aromatic nitrogens is 1. The number of nitrogens with zero attached hydrogens (tertiary/aromatic N) is 1. The number of benzene rings is 1. The third kappa shape index (κ3) is 5.85. The van der Waals surface area contributed by atoms with Crippen molar-refractivity contribution in [2.75, 3.05) is 33.9 Å². The predicted molar refractivity (Wildman–Crippen MR) is 124 cm³/mol. The van der Waals surface area contributed by atoms with E-state index in [9.17, 15) is 0 Å². The molecule has 1 aromatic heterocycles. The van der Waals surface area contributed by atoms with Crippen molar-refractivity contribution in [3.63, 3.8) is 0 Å². The predicted octanol–water partition coefficient (Wildman–Crippen LogP) is 4.09. The van der Waals surface area contributed by atoms with Crippen molar-refractivity contribution in [1.29, 1.82) is 0 Å². The van der Waals surface area contributed by atoms with E-state index in [0.29, 0.717) is 5.41 Å². The van der Waals surface area contributed by atoms with Crippen LogP contribution >= 0.6 is 24.0 Å². The largest absolute Gasteiger partial charge is 0.385 e. The molecule has 1 aromatic carbocycles. The summed E-state index contributed by atoms with van der Waals surface area (Å²) in [6.07, 6.45) is 9.33. The summed E-state index contributed by atoms with van der Waals surface area (Å²) in [5.74, 6) is 0.910. The monoisotopic (exact) mass is 484 g/mol. The zero-order valence-corrected chi connectivity index (χ0v) is 18.8. The molecule has 1 aliphatic carbocycles. The standard InChI is InChI=1S/C21H32N4O.HI/c1-22-20(25-16-21(10-6-11-21)12-14-26-2)23-13-5-7-17-15-24-19-9-4-3-8-18(17)19;/h3-4,8-9,15,24H,5-7,10-14,16H2,1-2H3,(H2,22,23,25);1H. The molecule has 0 bridgehead atoms. The van der Waals surface area contributed by atoms with Crippen molar-refractivity contribution >= 4 is 40.8 Å². The Kier molecular flexibility index (Phi) is 8.89. The molecule has 5 nitrogen and oxygen atoms in total. The zero-order chi connectivity index (χ0) is 18.2. The first-order valence-electron chi connectivity index (χ1n) is 9.75. The number of fused-ring (bicyclic) bond motifs is 1. The Morgan fingerprint density at radius 2 is 2.07 bits per heavy atom. The molecule has 0 amide bonds. The van der Waals surface area contributed by atoms with Crippen LogP contribution in [0.2, 0.25) is 0 Å². The molecule has 0 aliphatic heterocycles. The lowest BCUT2D eigenvalue weighted by atomic mass is 9.67. The van der Waals surface area contributed by atoms with E-state index >= 15 is 0 Å². The van der Waals surface area contributed by atoms with Gasteiger partial charge in [-0.05, 0) is 49.1 Å². The Labute approximate surface area is 179 Å². The van der Waals surface area contributed by atoms with Crippen molar-refractivity contribution < 1.29 is 4.74 Å². The van der Waals surface area contributed by atoms with Crippen LogP contribution < -0.4 is 10.6 Å². The lowest BCUT2D eigenvalue weighted by Gasteiger charge is -2.42. The third-order valence-electron chi connectivity index (χ3n) is 5.70. The van der Waals surface area contributed by atoms with Crippen LogP contribution in [0.5, 0.6) is 0 Å². The van der Waals surface area contributed by atoms with Gasteiger partial charge < -0.3 is 20.4 Å². The number of H-pyrrole nitrogens is 1. The van der Waals surface area contributed by atoms with Gasteiger partial charge in [-0.3, -0.25) is 4.99 Å². The molecular formula is C21H33IN4O. The van der Waals surface area contributed by atoms with Crippen molar-refractivity contribution in [1.82, 2.24) is 15.6 Å². The van der Waals surface area contributed by atoms with Crippen molar-refractivity contribution in [2.45, 2.75) is 38.5 Å². The number of guanidine groups is 1. The minimum absolute atomic E-state index is 0. The highest BCUT2D eigenvalue weighted by Crippen LogP contribution is 2.43. The van der Waals surface area contributed by atoms with Gasteiger partial charge in [0, 0.05) is 51.0 Å². The number of para-hydroxylation sites is 1. The number of aryl methyl sites for hydroxylation is 1. The maximum absolute atomic E-state index is 5.28. The van der Waals surface area contributed by atoms with Gasteiger partial charge >= 0.3 is 0 Å². The maximum atomic E-state index is 5.28. The third-order valence-corrected chi connectivity index (χ3v) is 5.70. The molecule has 1 saturated carbocycles. The van der Waals surface area contributed by atoms with Crippen LogP contribution in [0.25, 0.3) is 10.9 Å². The molecule has 0 atom stereocenters. The summed E-state index contributed by atoms with van der Waals surface area (Å²) in [6, 6.07) is 8.49. The van der Waals surface area contributed by atoms with E-state index in [1.54, 1.807) is 7.11 Å². The molecule has 0 unspecified atom stereocenters. The van der Waals surface area contributed by atoms with Gasteiger partial charge in [-0.15, -0.1) is 24.0 Å². The van der Waals surface area contributed by atoms with E-state index in [0.717, 1.165) is 44.9 Å². The molecule has 0 spiro atoms. The van der Waals surface area contributed by atoms with Crippen LogP contribution in [-0.4, -0.2) is 44.8 Å². The summed E-state index contributed by atoms with van der Waals surface area (Å²) in [4.78, 5) is 7.72. The van der Waals surface area contributed by atoms with Crippen LogP contribution in [0, 0.1) is 5.41 Å². The quantitative estimate of drug-likeness (QED) is 0.218. The number of hydrogen-bond acceptors (Lipinski definition) is 2. The summed E-state index contributed by atoms with van der Waals surface area (Å²) in [6.45, 7) is 2.75. The SMILES string of the molecule is CN=C(NCCCc1c[nH]c2ccccc12)NCC1(CCOC)CCC1.I. The first-order valence-corrected chi connectivity index (χ1v) is 9.75. The van der Waals surface area contributed by atoms with E-state index in [1.165, 1.54) is 35.7 Å². The summed E-state index contributed by atoms with van der Waals surface area (Å²) < 4.78 is 5.28. The molecule has 1 heterocycles. The number of aliphatic imine (C=N–C) groups is 1. The van der Waals surface area contributed by atoms with Gasteiger partial charge in [-0.25, -0.2) is 0 Å². The van der Waals surface area contributed by atoms with Gasteiger partial charge in [0.25, 0.3) is 0 Å². The highest BCUT2D eigenvalue weighted by molar-refractivity contribution is 14.0. The molecule has 0 radical (unpaired) electrons. The fraction of sp³-hybridized carbons (Fsp3) is 0.571. The summed E-state index contributed by atoms with van der Waals surface area (Å²) in [5.41, 5.74) is 3.01. The number of aromatic amines is 1. The highest BCUT2D eigenvalue weighted by Gasteiger charge is 2.36. The topological polar surface area (TPSA) is 61.4 Å². The minimum atomic E-state index is 0. The highest BCUT2D eigenvalue weighted by atomic mass is 127. The van der Waals surface area contributed by atoms with E-state index in [4.69, 9.17) is 4.74 Å². The Hall–Kier alpha value is -1.28. The van der Waals surface area contributed by atoms with E-state index < -0.39 is 0 Å². The number of rotatable bonds is 9. The van der Waals surface area contributed by atoms with Crippen LogP contribution in [-0.2, 0) is 11.2 Å². The van der Waals surface area contributed by atoms with Crippen LogP contribution in [0.1, 0.15) is 37.7 Å². The van der Waals surface area contributed by atoms with Crippen molar-refractivity contribution in [2.24, 2.45) is 10.4 Å². The minimum Gasteiger partial charge on any atom is -0.385 e. The molecule has 1 fully saturated rings. The number of ether oxygens (including phenoxy) is 1. The van der Waals surface area contributed by atoms with Crippen LogP contribution in [0.15, 0.2) is 35.5 Å². The first-order chi connectivity index (χ1) is 12.8. The zero-order valence-electron chi connectivity index (χ0n) is 16.5. The van der Waals surface area contributed by atoms with Gasteiger partial charge in [0.2, 0.25) is 0 Å². The Morgan fingerprint density at radius 3 is 2.78 bits per heavy atom. The molecule has 0 saturated heterocycles. The van der Waals surface area contributed by atoms with Gasteiger partial charge in [0.1, 0.15) is 0 Å². The molecule has 2 aromatic rings. The normalized spacial score (nSPS) is 15.9. The van der Waals surface area contributed by atoms with Gasteiger partial charge in [-0.2, -0.15) is 0 Å². The average molecular weight is 484 g/mol. The fourth-order valence-corrected chi connectivity index (χ4v) is 3.83. The molecular weight excluding hydrogens is 451 g/mol. The molecule has 3 N–H and O–H groups in total. The second-order valence-electron chi connectivity index (χ2n) is 7.41. The molecule has 6 heteroatoms. The Balaban J connectivity index is 0.00000261. The van der Waals surface area contributed by atoms with E-state index in [-0.39, 0.29) is 24.0 Å². The van der Waals surface area contributed by atoms with E-state index in [1.807, 2.05) is 7.05 Å². The van der Waals surface area contributed by atoms with Crippen molar-refractivity contribution in [3.05, 3.63) is 36.0 Å². The van der Waals surface area contributed by atoms with E-state index in [2.05, 4.69) is 51.1 Å². The smallest absolute Gasteiger partial charge is 0.190 e. The molecule has 1 aliphatic rings. The fourth-order valence-electron chi connectivity index (χ4n) is 3.83. The van der Waals surface area contributed by atoms with Crippen molar-refractivity contribution in [3.8, 4) is 0 Å². The molecule has 3 rings (SSSR count). The maximum Gasteiger partial charge on any atom is 0.190 e. The molecule has 27 heavy (non-hydrogen) atoms. The van der Waals surface area contributed by atoms with Crippen LogP contribution in [0.4, 0.5) is 0 Å². The lowest BCUT2D eigenvalue weighted by molar-refractivity contribution is 0.0732. The number of halogens is 1. The second kappa shape index (κ2) is 10.9. The number of nitrogens with one attached hydrogen (secondary N) is 3. The van der Waals surface area contributed by atoms with Crippen LogP contribution in [0.3, 0.4) is 0 Å². The van der Waals surface area contributed by atoms with Gasteiger partial charge in [0.15, 0.2) is 5.96 Å². The number of hydrogen-bond donors (Lipinski definition) is 3. The average Bonchev–Trinajstić information content (AvgIpc) is 3.05. The lowest BCUT2D eigenvalue weighted by Crippen LogP contribution is -2.47. The summed E-state index contributed by atoms with van der Waals surface area (Å²) in [7, 11) is 3.63. The Morgan fingerprint density at radius 1 is 1.26 bits per heavy atom. The summed E-state index contributed by atoms with van der Waals surface area (Å²) in [5, 5.41) is 8.31. The number of methoxy groups -OCH3 is 1. The first kappa shape index (κ1) is 22.0. The van der Waals surface area contributed by atoms with Gasteiger partial charge in [-0.1, -0.05) is 24.6 Å². The van der Waals surface area contributed by atoms with Gasteiger partial charge in [0.05, 0.1) is 0 Å². The molecule has 150 valence electrons. The second-order valence-corrected chi connectivity index (χ2v) is 7.41. The Bertz CT molecular complexity index is 724.